The number of rotatable bonds is 6. The van der Waals surface area contributed by atoms with Gasteiger partial charge in [-0.3, -0.25) is 0 Å². The van der Waals surface area contributed by atoms with E-state index >= 15 is 0 Å². The van der Waals surface area contributed by atoms with Gasteiger partial charge in [0.1, 0.15) is 5.01 Å². The normalized spacial score (nSPS) is 11.9. The number of amides is 2. The summed E-state index contributed by atoms with van der Waals surface area (Å²) in [6.45, 7) is 1.59. The molecule has 0 fully saturated rings. The number of aliphatic carboxylic acids is 1. The summed E-state index contributed by atoms with van der Waals surface area (Å²) < 4.78 is 0. The third-order valence-corrected chi connectivity index (χ3v) is 3.28. The Morgan fingerprint density at radius 3 is 2.78 bits per heavy atom. The summed E-state index contributed by atoms with van der Waals surface area (Å²) in [5.74, 6) is -1.28. The number of carboxylic acids is 1. The topological polar surface area (TPSA) is 112 Å². The number of aromatic nitrogens is 1. The highest BCUT2D eigenvalue weighted by Gasteiger charge is 2.18. The zero-order chi connectivity index (χ0) is 13.5. The number of carbonyl (C=O) groups excluding carboxylic acids is 1. The van der Waals surface area contributed by atoms with Crippen LogP contribution >= 0.6 is 11.3 Å². The van der Waals surface area contributed by atoms with Gasteiger partial charge in [-0.15, -0.1) is 11.3 Å². The highest BCUT2D eigenvalue weighted by Crippen LogP contribution is 2.12. The van der Waals surface area contributed by atoms with Gasteiger partial charge < -0.3 is 20.8 Å². The largest absolute Gasteiger partial charge is 0.480 e. The number of thiazole rings is 1. The van der Waals surface area contributed by atoms with Crippen molar-refractivity contribution in [1.82, 2.24) is 15.6 Å². The Labute approximate surface area is 108 Å². The molecule has 8 heteroatoms. The molecule has 0 aliphatic heterocycles. The van der Waals surface area contributed by atoms with Crippen molar-refractivity contribution in [3.63, 3.8) is 0 Å². The van der Waals surface area contributed by atoms with E-state index in [4.69, 9.17) is 10.2 Å². The number of urea groups is 1. The van der Waals surface area contributed by atoms with Gasteiger partial charge >= 0.3 is 12.0 Å². The lowest BCUT2D eigenvalue weighted by molar-refractivity contribution is -0.140. The summed E-state index contributed by atoms with van der Waals surface area (Å²) in [7, 11) is 0. The molecule has 0 radical (unpaired) electrons. The first kappa shape index (κ1) is 14.4. The SMILES string of the molecule is CCc1cnc(CNC(=O)NC(CO)C(=O)O)s1. The molecule has 1 unspecified atom stereocenters. The fraction of sp³-hybridized carbons (Fsp3) is 0.500. The molecule has 0 aromatic carbocycles. The van der Waals surface area contributed by atoms with Crippen LogP contribution in [0.2, 0.25) is 0 Å². The second kappa shape index (κ2) is 6.92. The smallest absolute Gasteiger partial charge is 0.328 e. The first-order chi connectivity index (χ1) is 8.56. The Bertz CT molecular complexity index is 421. The highest BCUT2D eigenvalue weighted by atomic mass is 32.1. The number of aliphatic hydroxyl groups excluding tert-OH is 1. The van der Waals surface area contributed by atoms with Crippen LogP contribution in [0, 0.1) is 0 Å². The maximum Gasteiger partial charge on any atom is 0.328 e. The Hall–Kier alpha value is -1.67. The van der Waals surface area contributed by atoms with Crippen LogP contribution in [-0.4, -0.2) is 39.8 Å². The molecule has 1 aromatic heterocycles. The van der Waals surface area contributed by atoms with Crippen LogP contribution in [0.25, 0.3) is 0 Å². The number of aryl methyl sites for hydroxylation is 1. The van der Waals surface area contributed by atoms with Gasteiger partial charge in [-0.2, -0.15) is 0 Å². The number of hydrogen-bond acceptors (Lipinski definition) is 5. The molecule has 0 aliphatic carbocycles. The minimum absolute atomic E-state index is 0.230. The minimum atomic E-state index is -1.30. The lowest BCUT2D eigenvalue weighted by Crippen LogP contribution is -2.47. The van der Waals surface area contributed by atoms with Crippen LogP contribution in [0.5, 0.6) is 0 Å². The maximum atomic E-state index is 11.3. The predicted octanol–water partition coefficient (Wildman–Crippen LogP) is -0.0498. The standard InChI is InChI=1S/C10H15N3O4S/c1-2-6-3-11-8(18-6)4-12-10(17)13-7(5-14)9(15)16/h3,7,14H,2,4-5H2,1H3,(H,15,16)(H2,12,13,17). The average molecular weight is 273 g/mol. The lowest BCUT2D eigenvalue weighted by atomic mass is 10.3. The molecule has 1 atom stereocenters. The molecule has 0 bridgehead atoms. The van der Waals surface area contributed by atoms with Crippen molar-refractivity contribution in [2.24, 2.45) is 0 Å². The van der Waals surface area contributed by atoms with Gasteiger partial charge in [0.05, 0.1) is 13.2 Å². The molecule has 0 aliphatic rings. The van der Waals surface area contributed by atoms with Crippen LogP contribution in [0.4, 0.5) is 4.79 Å². The molecule has 1 rings (SSSR count). The number of carboxylic acid groups (broad SMARTS) is 1. The molecule has 100 valence electrons. The summed E-state index contributed by atoms with van der Waals surface area (Å²) in [4.78, 5) is 27.1. The molecule has 7 nitrogen and oxygen atoms in total. The molecule has 0 spiro atoms. The molecule has 0 saturated carbocycles. The van der Waals surface area contributed by atoms with Gasteiger partial charge in [0.15, 0.2) is 6.04 Å². The lowest BCUT2D eigenvalue weighted by Gasteiger charge is -2.11. The Balaban J connectivity index is 2.38. The van der Waals surface area contributed by atoms with E-state index in [0.29, 0.717) is 0 Å². The van der Waals surface area contributed by atoms with E-state index in [0.717, 1.165) is 16.3 Å². The summed E-state index contributed by atoms with van der Waals surface area (Å²) >= 11 is 1.49. The molecule has 1 heterocycles. The van der Waals surface area contributed by atoms with Gasteiger partial charge in [0.2, 0.25) is 0 Å². The number of carbonyl (C=O) groups is 2. The van der Waals surface area contributed by atoms with Crippen LogP contribution in [0.1, 0.15) is 16.8 Å². The first-order valence-electron chi connectivity index (χ1n) is 5.38. The van der Waals surface area contributed by atoms with Crippen LogP contribution in [-0.2, 0) is 17.8 Å². The summed E-state index contributed by atoms with van der Waals surface area (Å²) in [6.07, 6.45) is 2.63. The minimum Gasteiger partial charge on any atom is -0.480 e. The summed E-state index contributed by atoms with van der Waals surface area (Å²) in [6, 6.07) is -1.95. The van der Waals surface area contributed by atoms with Gasteiger partial charge in [-0.1, -0.05) is 6.92 Å². The first-order valence-corrected chi connectivity index (χ1v) is 6.20. The summed E-state index contributed by atoms with van der Waals surface area (Å²) in [5, 5.41) is 22.7. The van der Waals surface area contributed by atoms with Crippen molar-refractivity contribution in [2.75, 3.05) is 6.61 Å². The number of nitrogens with one attached hydrogen (secondary N) is 2. The Kier molecular flexibility index (Phi) is 5.53. The average Bonchev–Trinajstić information content (AvgIpc) is 2.81. The van der Waals surface area contributed by atoms with Gasteiger partial charge in [-0.05, 0) is 6.42 Å². The van der Waals surface area contributed by atoms with E-state index in [-0.39, 0.29) is 6.54 Å². The van der Waals surface area contributed by atoms with Crippen molar-refractivity contribution in [3.05, 3.63) is 16.1 Å². The van der Waals surface area contributed by atoms with E-state index < -0.39 is 24.6 Å². The zero-order valence-electron chi connectivity index (χ0n) is 9.84. The third kappa shape index (κ3) is 4.30. The van der Waals surface area contributed by atoms with E-state index in [1.54, 1.807) is 6.20 Å². The molecule has 2 amide bonds. The van der Waals surface area contributed by atoms with Gasteiger partial charge in [0, 0.05) is 11.1 Å². The van der Waals surface area contributed by atoms with Crippen molar-refractivity contribution in [1.29, 1.82) is 0 Å². The molecule has 1 aromatic rings. The maximum absolute atomic E-state index is 11.3. The number of hydrogen-bond donors (Lipinski definition) is 4. The van der Waals surface area contributed by atoms with E-state index in [2.05, 4.69) is 15.6 Å². The Morgan fingerprint density at radius 2 is 2.28 bits per heavy atom. The molecular formula is C10H15N3O4S. The monoisotopic (exact) mass is 273 g/mol. The number of aliphatic hydroxyl groups is 1. The van der Waals surface area contributed by atoms with Crippen molar-refractivity contribution in [3.8, 4) is 0 Å². The zero-order valence-corrected chi connectivity index (χ0v) is 10.7. The van der Waals surface area contributed by atoms with Crippen LogP contribution < -0.4 is 10.6 Å². The van der Waals surface area contributed by atoms with Crippen molar-refractivity contribution in [2.45, 2.75) is 25.9 Å². The van der Waals surface area contributed by atoms with E-state index in [9.17, 15) is 9.59 Å². The van der Waals surface area contributed by atoms with Crippen molar-refractivity contribution >= 4 is 23.3 Å². The van der Waals surface area contributed by atoms with Gasteiger partial charge in [-0.25, -0.2) is 14.6 Å². The molecular weight excluding hydrogens is 258 g/mol. The quantitative estimate of drug-likeness (QED) is 0.580. The molecule has 0 saturated heterocycles. The van der Waals surface area contributed by atoms with Crippen LogP contribution in [0.3, 0.4) is 0 Å². The van der Waals surface area contributed by atoms with Gasteiger partial charge in [0.25, 0.3) is 0 Å². The highest BCUT2D eigenvalue weighted by molar-refractivity contribution is 7.11. The number of nitrogens with zero attached hydrogens (tertiary/aromatic N) is 1. The fourth-order valence-corrected chi connectivity index (χ4v) is 1.95. The molecule has 18 heavy (non-hydrogen) atoms. The van der Waals surface area contributed by atoms with E-state index in [1.807, 2.05) is 6.92 Å². The predicted molar refractivity (Wildman–Crippen MR) is 65.4 cm³/mol. The van der Waals surface area contributed by atoms with Crippen molar-refractivity contribution < 1.29 is 19.8 Å². The second-order valence-electron chi connectivity index (χ2n) is 3.47. The summed E-state index contributed by atoms with van der Waals surface area (Å²) in [5.41, 5.74) is 0. The third-order valence-electron chi connectivity index (χ3n) is 2.14. The fourth-order valence-electron chi connectivity index (χ4n) is 1.14. The van der Waals surface area contributed by atoms with Crippen LogP contribution in [0.15, 0.2) is 6.20 Å². The Morgan fingerprint density at radius 1 is 1.56 bits per heavy atom. The molecule has 4 N–H and O–H groups in total. The van der Waals surface area contributed by atoms with E-state index in [1.165, 1.54) is 11.3 Å². The second-order valence-corrected chi connectivity index (χ2v) is 4.67.